The number of nitriles is 1. The lowest BCUT2D eigenvalue weighted by atomic mass is 10.0. The Morgan fingerprint density at radius 1 is 1.19 bits per heavy atom. The summed E-state index contributed by atoms with van der Waals surface area (Å²) in [6.07, 6.45) is 1.49. The Balaban J connectivity index is 0.00000264. The largest absolute Gasteiger partial charge is 0.494 e. The molecule has 10 nitrogen and oxygen atoms in total. The number of nitrogens with zero attached hydrogens (tertiary/aromatic N) is 4. The van der Waals surface area contributed by atoms with E-state index in [2.05, 4.69) is 20.7 Å². The van der Waals surface area contributed by atoms with E-state index in [1.165, 1.54) is 6.33 Å². The average Bonchev–Trinajstić information content (AvgIpc) is 3.39. The normalized spacial score (nSPS) is 13.9. The molecule has 5 rings (SSSR count). The predicted molar refractivity (Wildman–Crippen MR) is 154 cm³/mol. The number of hydrogen-bond donors (Lipinski definition) is 2. The standard InChI is InChI=1S/C30H30F2N6O4.2H2/c1-19-35-18-36-38(19)23-8-7-21(15-25(23)41-2)20-5-6-22-16-26(42-24(22)14-20)28(40)34-13-12-30(31,32)9-3-4-27(39)37-29(17-33)10-11-29;;/h5-8,14-16,18H,3-4,9-13H2,1-2H3,(H,34,40)(H,37,39);2*1H. The second-order valence-corrected chi connectivity index (χ2v) is 10.4. The van der Waals surface area contributed by atoms with Gasteiger partial charge in [-0.15, -0.1) is 0 Å². The van der Waals surface area contributed by atoms with E-state index in [1.54, 1.807) is 23.9 Å². The van der Waals surface area contributed by atoms with Gasteiger partial charge in [0.15, 0.2) is 5.76 Å². The molecule has 1 aliphatic rings. The molecule has 0 atom stereocenters. The highest BCUT2D eigenvalue weighted by molar-refractivity contribution is 5.96. The summed E-state index contributed by atoms with van der Waals surface area (Å²) in [5.41, 5.74) is 2.10. The van der Waals surface area contributed by atoms with Crippen LogP contribution in [0.5, 0.6) is 5.75 Å². The topological polar surface area (TPSA) is 135 Å². The van der Waals surface area contributed by atoms with Crippen molar-refractivity contribution in [1.82, 2.24) is 25.4 Å². The summed E-state index contributed by atoms with van der Waals surface area (Å²) in [5, 5.41) is 19.0. The highest BCUT2D eigenvalue weighted by Gasteiger charge is 2.44. The molecule has 12 heteroatoms. The number of halogens is 2. The summed E-state index contributed by atoms with van der Waals surface area (Å²) in [4.78, 5) is 28.7. The third kappa shape index (κ3) is 6.40. The fourth-order valence-corrected chi connectivity index (χ4v) is 4.69. The molecule has 42 heavy (non-hydrogen) atoms. The van der Waals surface area contributed by atoms with Gasteiger partial charge in [0, 0.05) is 34.0 Å². The number of benzene rings is 2. The van der Waals surface area contributed by atoms with Crippen LogP contribution in [0.4, 0.5) is 8.78 Å². The van der Waals surface area contributed by atoms with E-state index in [-0.39, 0.29) is 28.0 Å². The first-order valence-corrected chi connectivity index (χ1v) is 13.6. The van der Waals surface area contributed by atoms with Crippen LogP contribution in [0.15, 0.2) is 53.2 Å². The number of carbonyl (C=O) groups is 2. The molecule has 0 bridgehead atoms. The second-order valence-electron chi connectivity index (χ2n) is 10.4. The van der Waals surface area contributed by atoms with Gasteiger partial charge in [-0.25, -0.2) is 18.4 Å². The van der Waals surface area contributed by atoms with Crippen molar-refractivity contribution in [2.75, 3.05) is 13.7 Å². The van der Waals surface area contributed by atoms with E-state index >= 15 is 0 Å². The Kier molecular flexibility index (Phi) is 7.93. The quantitative estimate of drug-likeness (QED) is 0.223. The van der Waals surface area contributed by atoms with Crippen LogP contribution in [0, 0.1) is 18.3 Å². The van der Waals surface area contributed by atoms with Crippen molar-refractivity contribution in [2.24, 2.45) is 0 Å². The van der Waals surface area contributed by atoms with Crippen molar-refractivity contribution in [3.63, 3.8) is 0 Å². The number of carbonyl (C=O) groups excluding carboxylic acids is 2. The zero-order valence-corrected chi connectivity index (χ0v) is 23.2. The number of nitrogens with one attached hydrogen (secondary N) is 2. The van der Waals surface area contributed by atoms with Crippen LogP contribution in [0.25, 0.3) is 27.8 Å². The zero-order chi connectivity index (χ0) is 29.9. The molecule has 4 aromatic rings. The highest BCUT2D eigenvalue weighted by Crippen LogP contribution is 2.35. The minimum Gasteiger partial charge on any atom is -0.494 e. The summed E-state index contributed by atoms with van der Waals surface area (Å²) < 4.78 is 41.7. The number of alkyl halides is 2. The number of furan rings is 1. The number of fused-ring (bicyclic) bond motifs is 1. The number of amides is 2. The predicted octanol–water partition coefficient (Wildman–Crippen LogP) is 5.59. The van der Waals surface area contributed by atoms with E-state index in [4.69, 9.17) is 14.4 Å². The second kappa shape index (κ2) is 11.6. The van der Waals surface area contributed by atoms with Gasteiger partial charge in [-0.3, -0.25) is 9.59 Å². The van der Waals surface area contributed by atoms with Crippen LogP contribution < -0.4 is 15.4 Å². The van der Waals surface area contributed by atoms with Crippen LogP contribution in [-0.4, -0.2) is 51.7 Å². The van der Waals surface area contributed by atoms with Crippen LogP contribution >= 0.6 is 0 Å². The van der Waals surface area contributed by atoms with E-state index in [1.807, 2.05) is 43.3 Å². The number of rotatable bonds is 12. The van der Waals surface area contributed by atoms with Crippen molar-refractivity contribution in [3.8, 4) is 28.6 Å². The molecule has 2 N–H and O–H groups in total. The summed E-state index contributed by atoms with van der Waals surface area (Å²) in [6.45, 7) is 1.59. The summed E-state index contributed by atoms with van der Waals surface area (Å²) in [7, 11) is 1.57. The highest BCUT2D eigenvalue weighted by atomic mass is 19.3. The third-order valence-corrected chi connectivity index (χ3v) is 7.27. The van der Waals surface area contributed by atoms with Gasteiger partial charge in [0.2, 0.25) is 11.8 Å². The Hall–Kier alpha value is -4.79. The lowest BCUT2D eigenvalue weighted by molar-refractivity contribution is -0.122. The molecule has 222 valence electrons. The van der Waals surface area contributed by atoms with Gasteiger partial charge in [0.05, 0.1) is 13.2 Å². The van der Waals surface area contributed by atoms with Gasteiger partial charge in [-0.05, 0) is 61.6 Å². The number of aryl methyl sites for hydroxylation is 1. The molecule has 1 saturated carbocycles. The lowest BCUT2D eigenvalue weighted by Gasteiger charge is -2.16. The minimum atomic E-state index is -3.05. The van der Waals surface area contributed by atoms with Gasteiger partial charge in [-0.2, -0.15) is 10.4 Å². The Bertz CT molecular complexity index is 1680. The number of ether oxygens (including phenoxy) is 1. The third-order valence-electron chi connectivity index (χ3n) is 7.27. The van der Waals surface area contributed by atoms with Crippen molar-refractivity contribution < 1.29 is 30.4 Å². The van der Waals surface area contributed by atoms with Crippen molar-refractivity contribution in [3.05, 3.63) is 60.4 Å². The molecule has 0 saturated heterocycles. The van der Waals surface area contributed by atoms with E-state index in [0.717, 1.165) is 22.6 Å². The number of methoxy groups -OCH3 is 1. The summed E-state index contributed by atoms with van der Waals surface area (Å²) >= 11 is 0. The maximum Gasteiger partial charge on any atom is 0.287 e. The molecular weight excluding hydrogens is 546 g/mol. The first kappa shape index (κ1) is 28.7. The average molecular weight is 581 g/mol. The molecular formula is C30H34F2N6O4. The van der Waals surface area contributed by atoms with Crippen LogP contribution in [0.1, 0.15) is 57.8 Å². The monoisotopic (exact) mass is 580 g/mol. The van der Waals surface area contributed by atoms with Gasteiger partial charge < -0.3 is 19.8 Å². The molecule has 0 radical (unpaired) electrons. The van der Waals surface area contributed by atoms with Crippen molar-refractivity contribution >= 4 is 22.8 Å². The summed E-state index contributed by atoms with van der Waals surface area (Å²) in [6, 6.07) is 14.8. The van der Waals surface area contributed by atoms with Crippen LogP contribution in [0.2, 0.25) is 0 Å². The van der Waals surface area contributed by atoms with E-state index < -0.39 is 36.1 Å². The Labute approximate surface area is 243 Å². The zero-order valence-electron chi connectivity index (χ0n) is 23.2. The van der Waals surface area contributed by atoms with Gasteiger partial charge in [0.1, 0.15) is 34.7 Å². The van der Waals surface area contributed by atoms with Crippen LogP contribution in [0.3, 0.4) is 0 Å². The molecule has 0 unspecified atom stereocenters. The molecule has 2 aromatic carbocycles. The first-order chi connectivity index (χ1) is 20.1. The smallest absolute Gasteiger partial charge is 0.287 e. The number of hydrogen-bond acceptors (Lipinski definition) is 7. The molecule has 2 aromatic heterocycles. The first-order valence-electron chi connectivity index (χ1n) is 13.6. The molecule has 0 spiro atoms. The van der Waals surface area contributed by atoms with Gasteiger partial charge in [-0.1, -0.05) is 18.2 Å². The molecule has 2 heterocycles. The van der Waals surface area contributed by atoms with Gasteiger partial charge >= 0.3 is 0 Å². The fourth-order valence-electron chi connectivity index (χ4n) is 4.69. The van der Waals surface area contributed by atoms with Crippen molar-refractivity contribution in [1.29, 1.82) is 5.26 Å². The maximum atomic E-state index is 14.3. The van der Waals surface area contributed by atoms with E-state index in [0.29, 0.717) is 29.6 Å². The fraction of sp³-hybridized carbons (Fsp3) is 0.367. The summed E-state index contributed by atoms with van der Waals surface area (Å²) in [5.74, 6) is -2.70. The van der Waals surface area contributed by atoms with E-state index in [9.17, 15) is 18.4 Å². The number of aromatic nitrogens is 3. The minimum absolute atomic E-state index is 0. The molecule has 1 fully saturated rings. The lowest BCUT2D eigenvalue weighted by Crippen LogP contribution is -2.35. The Morgan fingerprint density at radius 2 is 1.95 bits per heavy atom. The maximum absolute atomic E-state index is 14.3. The molecule has 2 amide bonds. The van der Waals surface area contributed by atoms with Crippen LogP contribution in [-0.2, 0) is 4.79 Å². The van der Waals surface area contributed by atoms with Gasteiger partial charge in [0.25, 0.3) is 5.91 Å². The van der Waals surface area contributed by atoms with Crippen molar-refractivity contribution in [2.45, 2.75) is 56.9 Å². The molecule has 1 aliphatic carbocycles. The molecule has 0 aliphatic heterocycles. The SMILES string of the molecule is COc1cc(-c2ccc3cc(C(=O)NCCC(F)(F)CCCC(=O)NC4(C#N)CC4)oc3c2)ccc1-n1ncnc1C.[HH].[HH]. The Morgan fingerprint density at radius 3 is 2.64 bits per heavy atom.